The summed E-state index contributed by atoms with van der Waals surface area (Å²) in [6.45, 7) is 4.88. The van der Waals surface area contributed by atoms with Crippen molar-refractivity contribution < 1.29 is 8.78 Å². The first kappa shape index (κ1) is 21.6. The van der Waals surface area contributed by atoms with Crippen molar-refractivity contribution in [3.05, 3.63) is 53.4 Å². The van der Waals surface area contributed by atoms with E-state index < -0.39 is 11.6 Å². The van der Waals surface area contributed by atoms with Gasteiger partial charge in [-0.05, 0) is 37.5 Å². The van der Waals surface area contributed by atoms with Crippen LogP contribution >= 0.6 is 24.0 Å². The summed E-state index contributed by atoms with van der Waals surface area (Å²) in [4.78, 5) is 6.79. The topological polar surface area (TPSA) is 45.5 Å². The van der Waals surface area contributed by atoms with E-state index in [9.17, 15) is 8.78 Å². The van der Waals surface area contributed by atoms with E-state index in [2.05, 4.69) is 26.5 Å². The van der Waals surface area contributed by atoms with E-state index in [1.54, 1.807) is 0 Å². The molecule has 2 heterocycles. The van der Waals surface area contributed by atoms with Crippen molar-refractivity contribution >= 4 is 29.9 Å². The van der Waals surface area contributed by atoms with Crippen molar-refractivity contribution in [1.29, 1.82) is 0 Å². The van der Waals surface area contributed by atoms with E-state index in [4.69, 9.17) is 0 Å². The molecule has 1 unspecified atom stereocenters. The van der Waals surface area contributed by atoms with Crippen LogP contribution < -0.4 is 5.32 Å². The number of likely N-dealkylation sites (tertiary alicyclic amines) is 1. The van der Waals surface area contributed by atoms with E-state index in [1.165, 1.54) is 23.8 Å². The van der Waals surface area contributed by atoms with Crippen LogP contribution in [0.1, 0.15) is 30.4 Å². The van der Waals surface area contributed by atoms with Crippen LogP contribution in [0.5, 0.6) is 0 Å². The van der Waals surface area contributed by atoms with Gasteiger partial charge in [0.15, 0.2) is 5.96 Å². The van der Waals surface area contributed by atoms with Gasteiger partial charge in [-0.25, -0.2) is 8.78 Å². The minimum absolute atomic E-state index is 0. The van der Waals surface area contributed by atoms with E-state index in [0.29, 0.717) is 12.5 Å². The molecule has 1 atom stereocenters. The maximum Gasteiger partial charge on any atom is 0.193 e. The quantitative estimate of drug-likeness (QED) is 0.399. The maximum atomic E-state index is 13.7. The van der Waals surface area contributed by atoms with Gasteiger partial charge >= 0.3 is 0 Å². The highest BCUT2D eigenvalue weighted by atomic mass is 127. The lowest BCUT2D eigenvalue weighted by Crippen LogP contribution is -2.40. The minimum Gasteiger partial charge on any atom is -0.357 e. The number of aliphatic imine (C=N–C) groups is 1. The molecule has 8 heteroatoms. The van der Waals surface area contributed by atoms with Crippen LogP contribution in [0.3, 0.4) is 0 Å². The van der Waals surface area contributed by atoms with Crippen molar-refractivity contribution in [2.75, 3.05) is 26.2 Å². The Kier molecular flexibility index (Phi) is 8.00. The zero-order valence-electron chi connectivity index (χ0n) is 15.7. The largest absolute Gasteiger partial charge is 0.357 e. The molecule has 1 aromatic carbocycles. The highest BCUT2D eigenvalue weighted by molar-refractivity contribution is 14.0. The van der Waals surface area contributed by atoms with Crippen molar-refractivity contribution in [2.24, 2.45) is 12.0 Å². The molecular weight excluding hydrogens is 463 g/mol. The summed E-state index contributed by atoms with van der Waals surface area (Å²) in [7, 11) is 1.92. The molecule has 1 N–H and O–H groups in total. The summed E-state index contributed by atoms with van der Waals surface area (Å²) in [5.74, 6) is 0.207. The number of nitrogens with one attached hydrogen (secondary N) is 1. The molecule has 1 fully saturated rings. The van der Waals surface area contributed by atoms with Crippen molar-refractivity contribution in [1.82, 2.24) is 20.0 Å². The molecule has 0 bridgehead atoms. The van der Waals surface area contributed by atoms with Gasteiger partial charge in [-0.3, -0.25) is 9.67 Å². The second-order valence-electron chi connectivity index (χ2n) is 6.56. The third-order valence-corrected chi connectivity index (χ3v) is 4.70. The van der Waals surface area contributed by atoms with E-state index in [-0.39, 0.29) is 36.0 Å². The molecule has 27 heavy (non-hydrogen) atoms. The zero-order valence-corrected chi connectivity index (χ0v) is 18.0. The Balaban J connectivity index is 0.00000261. The predicted octanol–water partition coefficient (Wildman–Crippen LogP) is 3.31. The molecule has 0 radical (unpaired) electrons. The van der Waals surface area contributed by atoms with Gasteiger partial charge in [0.05, 0.1) is 6.20 Å². The van der Waals surface area contributed by atoms with Crippen LogP contribution in [0, 0.1) is 11.6 Å². The highest BCUT2D eigenvalue weighted by Gasteiger charge is 2.26. The van der Waals surface area contributed by atoms with Gasteiger partial charge in [-0.2, -0.15) is 5.10 Å². The van der Waals surface area contributed by atoms with E-state index in [0.717, 1.165) is 32.0 Å². The summed E-state index contributed by atoms with van der Waals surface area (Å²) in [5.41, 5.74) is 1.33. The van der Waals surface area contributed by atoms with Crippen LogP contribution in [0.25, 0.3) is 0 Å². The third kappa shape index (κ3) is 5.40. The second-order valence-corrected chi connectivity index (χ2v) is 6.56. The number of nitrogens with zero attached hydrogens (tertiary/aromatic N) is 4. The first-order chi connectivity index (χ1) is 12.6. The fourth-order valence-corrected chi connectivity index (χ4v) is 3.35. The van der Waals surface area contributed by atoms with Crippen molar-refractivity contribution in [3.63, 3.8) is 0 Å². The molecule has 1 saturated heterocycles. The Labute approximate surface area is 175 Å². The summed E-state index contributed by atoms with van der Waals surface area (Å²) in [5, 5.41) is 7.53. The van der Waals surface area contributed by atoms with Crippen molar-refractivity contribution in [3.8, 4) is 0 Å². The van der Waals surface area contributed by atoms with Crippen LogP contribution in [-0.4, -0.2) is 46.8 Å². The molecule has 2 aromatic rings. The average Bonchev–Trinajstić information content (AvgIpc) is 3.25. The van der Waals surface area contributed by atoms with Crippen LogP contribution in [0.4, 0.5) is 8.78 Å². The van der Waals surface area contributed by atoms with E-state index in [1.807, 2.05) is 24.9 Å². The number of hydrogen-bond donors (Lipinski definition) is 1. The number of halogens is 3. The molecule has 1 aliphatic rings. The molecular formula is C19H26F2IN5. The van der Waals surface area contributed by atoms with Crippen LogP contribution in [0.15, 0.2) is 35.6 Å². The van der Waals surface area contributed by atoms with Gasteiger partial charge < -0.3 is 10.2 Å². The first-order valence-corrected chi connectivity index (χ1v) is 9.03. The van der Waals surface area contributed by atoms with Gasteiger partial charge in [0.25, 0.3) is 0 Å². The summed E-state index contributed by atoms with van der Waals surface area (Å²) in [6, 6.07) is 3.95. The lowest BCUT2D eigenvalue weighted by molar-refractivity contribution is 0.485. The van der Waals surface area contributed by atoms with Crippen molar-refractivity contribution in [2.45, 2.75) is 25.7 Å². The Morgan fingerprint density at radius 3 is 2.70 bits per heavy atom. The van der Waals surface area contributed by atoms with Gasteiger partial charge in [0, 0.05) is 50.9 Å². The summed E-state index contributed by atoms with van der Waals surface area (Å²) in [6.07, 6.45) is 5.25. The van der Waals surface area contributed by atoms with Gasteiger partial charge in [-0.15, -0.1) is 24.0 Å². The zero-order chi connectivity index (χ0) is 18.5. The van der Waals surface area contributed by atoms with Gasteiger partial charge in [0.1, 0.15) is 11.6 Å². The van der Waals surface area contributed by atoms with Gasteiger partial charge in [0.2, 0.25) is 0 Å². The lowest BCUT2D eigenvalue weighted by Gasteiger charge is -2.21. The van der Waals surface area contributed by atoms with Crippen LogP contribution in [0.2, 0.25) is 0 Å². The second kappa shape index (κ2) is 10.0. The Hall–Kier alpha value is -1.71. The van der Waals surface area contributed by atoms with Gasteiger partial charge in [-0.1, -0.05) is 6.07 Å². The number of hydrogen-bond acceptors (Lipinski definition) is 2. The first-order valence-electron chi connectivity index (χ1n) is 9.03. The minimum atomic E-state index is -0.511. The number of aryl methyl sites for hydroxylation is 1. The number of rotatable bonds is 5. The molecule has 5 nitrogen and oxygen atoms in total. The Morgan fingerprint density at radius 2 is 2.07 bits per heavy atom. The highest BCUT2D eigenvalue weighted by Crippen LogP contribution is 2.26. The summed E-state index contributed by atoms with van der Waals surface area (Å²) < 4.78 is 29.3. The summed E-state index contributed by atoms with van der Waals surface area (Å²) >= 11 is 0. The molecule has 3 rings (SSSR count). The fraction of sp³-hybridized carbons (Fsp3) is 0.474. The molecule has 1 aromatic heterocycles. The Morgan fingerprint density at radius 1 is 1.33 bits per heavy atom. The fourth-order valence-electron chi connectivity index (χ4n) is 3.35. The SMILES string of the molecule is CCNC(=NCCc1c(F)cccc1F)N1CCC(c2cnn(C)c2)C1.I. The number of guanidine groups is 1. The third-order valence-electron chi connectivity index (χ3n) is 4.70. The molecule has 1 aliphatic heterocycles. The standard InChI is InChI=1S/C19H25F2N5.HI/c1-3-22-19(23-9-7-16-17(20)5-4-6-18(16)21)26-10-8-14(13-26)15-11-24-25(2)12-15;/h4-6,11-12,14H,3,7-10,13H2,1-2H3,(H,22,23);1H. The molecule has 0 saturated carbocycles. The monoisotopic (exact) mass is 489 g/mol. The molecule has 0 amide bonds. The smallest absolute Gasteiger partial charge is 0.193 e. The average molecular weight is 489 g/mol. The lowest BCUT2D eigenvalue weighted by atomic mass is 10.0. The van der Waals surface area contributed by atoms with E-state index >= 15 is 0 Å². The maximum absolute atomic E-state index is 13.7. The predicted molar refractivity (Wildman–Crippen MR) is 114 cm³/mol. The molecule has 148 valence electrons. The molecule has 0 aliphatic carbocycles. The van der Waals surface area contributed by atoms with Crippen LogP contribution in [-0.2, 0) is 13.5 Å². The molecule has 0 spiro atoms. The number of benzene rings is 1. The normalized spacial score (nSPS) is 17.1. The Bertz CT molecular complexity index is 757. The number of aromatic nitrogens is 2.